The molecule has 1 aromatic carbocycles. The molecule has 0 spiro atoms. The fourth-order valence-corrected chi connectivity index (χ4v) is 3.92. The van der Waals surface area contributed by atoms with Gasteiger partial charge in [0.25, 0.3) is 0 Å². The molecule has 0 aliphatic heterocycles. The van der Waals surface area contributed by atoms with Crippen LogP contribution in [0.4, 0.5) is 0 Å². The first-order valence-corrected chi connectivity index (χ1v) is 8.24. The normalized spacial score (nSPS) is 11.0. The molecule has 0 unspecified atom stereocenters. The van der Waals surface area contributed by atoms with Crippen molar-refractivity contribution < 1.29 is 4.74 Å². The van der Waals surface area contributed by atoms with Gasteiger partial charge in [-0.2, -0.15) is 5.10 Å². The van der Waals surface area contributed by atoms with Crippen LogP contribution in [0.2, 0.25) is 0 Å². The van der Waals surface area contributed by atoms with Gasteiger partial charge in [-0.3, -0.25) is 4.68 Å². The minimum Gasteiger partial charge on any atom is -0.494 e. The van der Waals surface area contributed by atoms with Crippen LogP contribution in [0.3, 0.4) is 0 Å². The van der Waals surface area contributed by atoms with Crippen LogP contribution in [-0.4, -0.2) is 16.9 Å². The zero-order valence-corrected chi connectivity index (χ0v) is 15.8. The van der Waals surface area contributed by atoms with Gasteiger partial charge >= 0.3 is 0 Å². The molecule has 0 amide bonds. The average Bonchev–Trinajstić information content (AvgIpc) is 2.65. The van der Waals surface area contributed by atoms with Gasteiger partial charge in [0.15, 0.2) is 0 Å². The largest absolute Gasteiger partial charge is 0.494 e. The second kappa shape index (κ2) is 6.94. The second-order valence-corrected chi connectivity index (χ2v) is 6.68. The molecule has 2 aromatic rings. The summed E-state index contributed by atoms with van der Waals surface area (Å²) < 4.78 is 9.14. The summed E-state index contributed by atoms with van der Waals surface area (Å²) in [7, 11) is 3.64. The van der Waals surface area contributed by atoms with Crippen LogP contribution in [0.1, 0.15) is 22.5 Å². The fraction of sp³-hybridized carbons (Fsp3) is 0.400. The van der Waals surface area contributed by atoms with Crippen LogP contribution in [0.25, 0.3) is 0 Å². The van der Waals surface area contributed by atoms with E-state index < -0.39 is 0 Å². The Morgan fingerprint density at radius 3 is 2.29 bits per heavy atom. The number of aryl methyl sites for hydroxylation is 2. The zero-order valence-electron chi connectivity index (χ0n) is 12.6. The highest BCUT2D eigenvalue weighted by Gasteiger charge is 2.10. The maximum atomic E-state index is 5.31. The van der Waals surface area contributed by atoms with Gasteiger partial charge in [0, 0.05) is 31.4 Å². The Hall–Kier alpha value is -0.850. The molecule has 0 radical (unpaired) electrons. The molecule has 0 aliphatic carbocycles. The summed E-state index contributed by atoms with van der Waals surface area (Å²) in [5.74, 6) is 0.817. The van der Waals surface area contributed by atoms with E-state index in [-0.39, 0.29) is 0 Å². The number of hydrogen-bond donors (Lipinski definition) is 1. The fourth-order valence-electron chi connectivity index (χ4n) is 2.31. The van der Waals surface area contributed by atoms with Crippen molar-refractivity contribution in [3.8, 4) is 5.75 Å². The third kappa shape index (κ3) is 3.67. The number of nitrogens with one attached hydrogen (secondary N) is 1. The minimum atomic E-state index is 0.787. The molecule has 0 saturated heterocycles. The second-order valence-electron chi connectivity index (χ2n) is 4.97. The van der Waals surface area contributed by atoms with Crippen LogP contribution in [0.15, 0.2) is 21.1 Å². The van der Waals surface area contributed by atoms with Gasteiger partial charge in [-0.05, 0) is 63.4 Å². The third-order valence-electron chi connectivity index (χ3n) is 3.55. The quantitative estimate of drug-likeness (QED) is 0.804. The molecule has 2 rings (SSSR count). The molecular weight excluding hydrogens is 398 g/mol. The summed E-state index contributed by atoms with van der Waals surface area (Å²) in [6.07, 6.45) is 0. The first-order chi connectivity index (χ1) is 9.93. The van der Waals surface area contributed by atoms with Crippen molar-refractivity contribution in [2.24, 2.45) is 7.05 Å². The van der Waals surface area contributed by atoms with E-state index >= 15 is 0 Å². The lowest BCUT2D eigenvalue weighted by molar-refractivity contribution is 0.409. The number of aromatic nitrogens is 2. The summed E-state index contributed by atoms with van der Waals surface area (Å²) in [6, 6.07) is 4.14. The minimum absolute atomic E-state index is 0.787. The number of rotatable bonds is 5. The number of methoxy groups -OCH3 is 1. The van der Waals surface area contributed by atoms with Gasteiger partial charge in [0.2, 0.25) is 0 Å². The van der Waals surface area contributed by atoms with Crippen molar-refractivity contribution in [1.29, 1.82) is 0 Å². The molecule has 1 aromatic heterocycles. The molecule has 0 aliphatic rings. The third-order valence-corrected chi connectivity index (χ3v) is 4.73. The van der Waals surface area contributed by atoms with Crippen LogP contribution in [0.5, 0.6) is 5.75 Å². The molecule has 0 saturated carbocycles. The Morgan fingerprint density at radius 1 is 1.19 bits per heavy atom. The Morgan fingerprint density at radius 2 is 1.81 bits per heavy atom. The van der Waals surface area contributed by atoms with Crippen LogP contribution in [0, 0.1) is 13.8 Å². The maximum Gasteiger partial charge on any atom is 0.147 e. The predicted octanol–water partition coefficient (Wildman–Crippen LogP) is 3.86. The lowest BCUT2D eigenvalue weighted by Crippen LogP contribution is -2.14. The molecular formula is C15H19Br2N3O. The molecule has 0 atom stereocenters. The van der Waals surface area contributed by atoms with E-state index in [0.717, 1.165) is 33.5 Å². The molecule has 6 heteroatoms. The van der Waals surface area contributed by atoms with E-state index in [2.05, 4.69) is 61.3 Å². The number of halogens is 2. The monoisotopic (exact) mass is 415 g/mol. The summed E-state index contributed by atoms with van der Waals surface area (Å²) >= 11 is 7.05. The van der Waals surface area contributed by atoms with Gasteiger partial charge in [-0.1, -0.05) is 0 Å². The Labute approximate surface area is 142 Å². The average molecular weight is 417 g/mol. The summed E-state index contributed by atoms with van der Waals surface area (Å²) in [6.45, 7) is 5.74. The Bertz CT molecular complexity index is 630. The zero-order chi connectivity index (χ0) is 15.6. The molecule has 114 valence electrons. The molecule has 1 heterocycles. The van der Waals surface area contributed by atoms with Crippen LogP contribution in [-0.2, 0) is 20.1 Å². The smallest absolute Gasteiger partial charge is 0.147 e. The first kappa shape index (κ1) is 16.5. The lowest BCUT2D eigenvalue weighted by Gasteiger charge is -2.10. The number of ether oxygens (including phenoxy) is 1. The van der Waals surface area contributed by atoms with E-state index in [1.54, 1.807) is 7.11 Å². The van der Waals surface area contributed by atoms with E-state index in [1.165, 1.54) is 16.8 Å². The Kier molecular flexibility index (Phi) is 5.46. The number of nitrogens with zero attached hydrogens (tertiary/aromatic N) is 2. The van der Waals surface area contributed by atoms with Gasteiger partial charge in [-0.15, -0.1) is 0 Å². The molecule has 21 heavy (non-hydrogen) atoms. The molecule has 4 nitrogen and oxygen atoms in total. The standard InChI is InChI=1S/C15H19Br2N3O/c1-9-12(10(2)20(3)19-9)8-18-7-11-5-13(16)15(21-4)14(17)6-11/h5-6,18H,7-8H2,1-4H3. The van der Waals surface area contributed by atoms with Gasteiger partial charge in [0.05, 0.1) is 21.7 Å². The highest BCUT2D eigenvalue weighted by molar-refractivity contribution is 9.11. The van der Waals surface area contributed by atoms with Gasteiger partial charge in [0.1, 0.15) is 5.75 Å². The lowest BCUT2D eigenvalue weighted by atomic mass is 10.2. The van der Waals surface area contributed by atoms with Crippen molar-refractivity contribution >= 4 is 31.9 Å². The van der Waals surface area contributed by atoms with Crippen molar-refractivity contribution in [1.82, 2.24) is 15.1 Å². The van der Waals surface area contributed by atoms with Crippen molar-refractivity contribution in [2.45, 2.75) is 26.9 Å². The van der Waals surface area contributed by atoms with Gasteiger partial charge < -0.3 is 10.1 Å². The van der Waals surface area contributed by atoms with Crippen LogP contribution < -0.4 is 10.1 Å². The summed E-state index contributed by atoms with van der Waals surface area (Å²) in [5, 5.41) is 7.90. The maximum absolute atomic E-state index is 5.31. The van der Waals surface area contributed by atoms with E-state index in [1.807, 2.05) is 18.7 Å². The Balaban J connectivity index is 2.04. The topological polar surface area (TPSA) is 39.1 Å². The van der Waals surface area contributed by atoms with Crippen LogP contribution >= 0.6 is 31.9 Å². The molecule has 1 N–H and O–H groups in total. The predicted molar refractivity (Wildman–Crippen MR) is 91.6 cm³/mol. The summed E-state index contributed by atoms with van der Waals surface area (Å²) in [4.78, 5) is 0. The summed E-state index contributed by atoms with van der Waals surface area (Å²) in [5.41, 5.74) is 4.74. The highest BCUT2D eigenvalue weighted by atomic mass is 79.9. The van der Waals surface area contributed by atoms with Crippen molar-refractivity contribution in [3.05, 3.63) is 43.6 Å². The van der Waals surface area contributed by atoms with Crippen molar-refractivity contribution in [3.63, 3.8) is 0 Å². The van der Waals surface area contributed by atoms with E-state index in [0.29, 0.717) is 0 Å². The van der Waals surface area contributed by atoms with Gasteiger partial charge in [-0.25, -0.2) is 0 Å². The highest BCUT2D eigenvalue weighted by Crippen LogP contribution is 2.34. The number of hydrogen-bond acceptors (Lipinski definition) is 3. The van der Waals surface area contributed by atoms with Crippen molar-refractivity contribution in [2.75, 3.05) is 7.11 Å². The SMILES string of the molecule is COc1c(Br)cc(CNCc2c(C)nn(C)c2C)cc1Br. The molecule has 0 fully saturated rings. The molecule has 0 bridgehead atoms. The van der Waals surface area contributed by atoms with E-state index in [9.17, 15) is 0 Å². The van der Waals surface area contributed by atoms with E-state index in [4.69, 9.17) is 4.74 Å². The number of benzene rings is 1. The first-order valence-electron chi connectivity index (χ1n) is 6.65.